The molecular formula is C38H50N8O6. The van der Waals surface area contributed by atoms with Crippen molar-refractivity contribution in [2.75, 3.05) is 18.8 Å². The number of hydrogen-bond acceptors (Lipinski definition) is 10. The van der Waals surface area contributed by atoms with Gasteiger partial charge in [-0.2, -0.15) is 0 Å². The zero-order valence-corrected chi connectivity index (χ0v) is 29.6. The molecule has 52 heavy (non-hydrogen) atoms. The fourth-order valence-electron chi connectivity index (χ4n) is 6.25. The summed E-state index contributed by atoms with van der Waals surface area (Å²) in [5, 5.41) is 15.3. The van der Waals surface area contributed by atoms with Gasteiger partial charge in [0.25, 0.3) is 0 Å². The van der Waals surface area contributed by atoms with Crippen molar-refractivity contribution in [1.82, 2.24) is 25.5 Å². The van der Waals surface area contributed by atoms with E-state index >= 15 is 0 Å². The summed E-state index contributed by atoms with van der Waals surface area (Å²) in [6.07, 6.45) is 5.18. The highest BCUT2D eigenvalue weighted by Gasteiger charge is 2.40. The third kappa shape index (κ3) is 11.4. The number of carboxylic acids is 1. The molecule has 0 spiro atoms. The first-order chi connectivity index (χ1) is 24.9. The number of nitrogens with zero attached hydrogens (tertiary/aromatic N) is 3. The molecule has 1 saturated heterocycles. The molecule has 1 aromatic heterocycles. The number of aliphatic carboxylic acids is 1. The molecule has 0 bridgehead atoms. The van der Waals surface area contributed by atoms with Gasteiger partial charge in [-0.3, -0.25) is 24.0 Å². The van der Waals surface area contributed by atoms with Crippen LogP contribution in [0.2, 0.25) is 0 Å². The Morgan fingerprint density at radius 2 is 1.37 bits per heavy atom. The Balaban J connectivity index is 1.52. The highest BCUT2D eigenvalue weighted by atomic mass is 16.4. The normalized spacial score (nSPS) is 16.2. The van der Waals surface area contributed by atoms with Gasteiger partial charge in [-0.15, -0.1) is 0 Å². The van der Waals surface area contributed by atoms with E-state index in [1.807, 2.05) is 67.6 Å². The second-order valence-corrected chi connectivity index (χ2v) is 13.6. The van der Waals surface area contributed by atoms with Gasteiger partial charge in [-0.05, 0) is 48.8 Å². The molecule has 9 N–H and O–H groups in total. The zero-order chi connectivity index (χ0) is 37.7. The number of nitrogens with one attached hydrogen (secondary N) is 2. The Morgan fingerprint density at radius 1 is 0.827 bits per heavy atom. The summed E-state index contributed by atoms with van der Waals surface area (Å²) in [7, 11) is 0. The van der Waals surface area contributed by atoms with Gasteiger partial charge < -0.3 is 37.8 Å². The number of likely N-dealkylation sites (tertiary alicyclic amines) is 1. The van der Waals surface area contributed by atoms with Crippen LogP contribution in [0.15, 0.2) is 73.1 Å². The van der Waals surface area contributed by atoms with Gasteiger partial charge in [0.1, 0.15) is 11.6 Å². The van der Waals surface area contributed by atoms with E-state index in [-0.39, 0.29) is 63.3 Å². The van der Waals surface area contributed by atoms with Crippen LogP contribution >= 0.6 is 0 Å². The van der Waals surface area contributed by atoms with Crippen molar-refractivity contribution in [2.24, 2.45) is 17.4 Å². The maximum absolute atomic E-state index is 14.0. The number of nitrogens with two attached hydrogens (primary N) is 3. The lowest BCUT2D eigenvalue weighted by Crippen LogP contribution is -2.59. The van der Waals surface area contributed by atoms with Crippen molar-refractivity contribution in [2.45, 2.75) is 88.4 Å². The minimum absolute atomic E-state index is 0.0362. The molecular weight excluding hydrogens is 664 g/mol. The first-order valence-corrected chi connectivity index (χ1v) is 17.7. The standard InChI is InChI=1S/C38H50N8O6/c1-2-3-14-28(22-32(47)30(20-26-12-8-5-9-13-26)44-34(49)29(39)19-25-10-6-4-7-11-25)33(48)45-31(21-27-23-42-37(40)43-24-27)35(50)46-17-15-38(41,16-18-46)36(51)52/h4-13,23-24,28-31H,2-3,14-22,39,41H2,1H3,(H,44,49)(H,45,48)(H,51,52)(H2,40,42,43)/t28-,29+,30+,31+/m0/s1. The fraction of sp³-hybridized carbons (Fsp3) is 0.447. The van der Waals surface area contributed by atoms with E-state index in [1.165, 1.54) is 17.3 Å². The van der Waals surface area contributed by atoms with Gasteiger partial charge in [0.2, 0.25) is 23.7 Å². The second-order valence-electron chi connectivity index (χ2n) is 13.6. The van der Waals surface area contributed by atoms with E-state index in [9.17, 15) is 29.1 Å². The summed E-state index contributed by atoms with van der Waals surface area (Å²) in [5.41, 5.74) is 18.8. The number of ketones is 1. The Labute approximate surface area is 303 Å². The Kier molecular flexibility index (Phi) is 14.4. The maximum atomic E-state index is 14.0. The van der Waals surface area contributed by atoms with Crippen LogP contribution in [0, 0.1) is 5.92 Å². The van der Waals surface area contributed by atoms with Crippen LogP contribution in [0.1, 0.15) is 62.1 Å². The molecule has 0 radical (unpaired) electrons. The highest BCUT2D eigenvalue weighted by molar-refractivity contribution is 5.95. The zero-order valence-electron chi connectivity index (χ0n) is 29.6. The van der Waals surface area contributed by atoms with Crippen molar-refractivity contribution in [1.29, 1.82) is 0 Å². The molecule has 1 fully saturated rings. The van der Waals surface area contributed by atoms with Gasteiger partial charge in [0.05, 0.1) is 12.1 Å². The second kappa shape index (κ2) is 18.9. The molecule has 14 heteroatoms. The van der Waals surface area contributed by atoms with Crippen LogP contribution in [0.4, 0.5) is 5.95 Å². The summed E-state index contributed by atoms with van der Waals surface area (Å²) in [6.45, 7) is 2.16. The van der Waals surface area contributed by atoms with Crippen molar-refractivity contribution in [3.8, 4) is 0 Å². The number of piperidine rings is 1. The van der Waals surface area contributed by atoms with Gasteiger partial charge in [-0.1, -0.05) is 80.4 Å². The molecule has 0 aliphatic carbocycles. The molecule has 2 heterocycles. The molecule has 0 unspecified atom stereocenters. The Hall–Kier alpha value is -5.21. The highest BCUT2D eigenvalue weighted by Crippen LogP contribution is 2.22. The maximum Gasteiger partial charge on any atom is 0.323 e. The SMILES string of the molecule is CCCC[C@@H](CC(=O)[C@@H](Cc1ccccc1)NC(=O)[C@H](N)Cc1ccccc1)C(=O)N[C@H](Cc1cnc(N)nc1)C(=O)N1CCC(N)(C(=O)O)CC1. The summed E-state index contributed by atoms with van der Waals surface area (Å²) in [6, 6.07) is 15.7. The fourth-order valence-corrected chi connectivity index (χ4v) is 6.25. The number of carboxylic acid groups (broad SMARTS) is 1. The van der Waals surface area contributed by atoms with Gasteiger partial charge >= 0.3 is 5.97 Å². The lowest BCUT2D eigenvalue weighted by Gasteiger charge is -2.38. The number of rotatable bonds is 18. The third-order valence-electron chi connectivity index (χ3n) is 9.52. The van der Waals surface area contributed by atoms with E-state index in [2.05, 4.69) is 20.6 Å². The van der Waals surface area contributed by atoms with E-state index in [1.54, 1.807) is 0 Å². The summed E-state index contributed by atoms with van der Waals surface area (Å²) < 4.78 is 0. The quantitative estimate of drug-likeness (QED) is 0.111. The predicted molar refractivity (Wildman–Crippen MR) is 195 cm³/mol. The molecule has 3 amide bonds. The smallest absolute Gasteiger partial charge is 0.323 e. The number of anilines is 1. The lowest BCUT2D eigenvalue weighted by atomic mass is 9.88. The van der Waals surface area contributed by atoms with Crippen LogP contribution in [-0.2, 0) is 43.2 Å². The molecule has 2 aromatic carbocycles. The van der Waals surface area contributed by atoms with Crippen LogP contribution in [0.25, 0.3) is 0 Å². The van der Waals surface area contributed by atoms with Crippen molar-refractivity contribution in [3.63, 3.8) is 0 Å². The van der Waals surface area contributed by atoms with Crippen molar-refractivity contribution < 1.29 is 29.1 Å². The van der Waals surface area contributed by atoms with E-state index < -0.39 is 53.3 Å². The Bertz CT molecular complexity index is 1650. The molecule has 4 atom stereocenters. The van der Waals surface area contributed by atoms with Crippen molar-refractivity contribution in [3.05, 3.63) is 89.7 Å². The van der Waals surface area contributed by atoms with Gasteiger partial charge in [0.15, 0.2) is 5.78 Å². The minimum Gasteiger partial charge on any atom is -0.480 e. The van der Waals surface area contributed by atoms with Crippen LogP contribution < -0.4 is 27.8 Å². The van der Waals surface area contributed by atoms with Crippen LogP contribution in [0.3, 0.4) is 0 Å². The number of unbranched alkanes of at least 4 members (excludes halogenated alkanes) is 1. The van der Waals surface area contributed by atoms with Crippen LogP contribution in [0.5, 0.6) is 0 Å². The first kappa shape index (κ1) is 39.6. The van der Waals surface area contributed by atoms with Crippen LogP contribution in [-0.4, -0.2) is 86.2 Å². The van der Waals surface area contributed by atoms with E-state index in [0.29, 0.717) is 18.4 Å². The molecule has 0 saturated carbocycles. The number of carbonyl (C=O) groups is 5. The number of carbonyl (C=O) groups excluding carboxylic acids is 4. The summed E-state index contributed by atoms with van der Waals surface area (Å²) in [4.78, 5) is 76.5. The largest absolute Gasteiger partial charge is 0.480 e. The number of hydrogen-bond donors (Lipinski definition) is 6. The average Bonchev–Trinajstić information content (AvgIpc) is 3.14. The summed E-state index contributed by atoms with van der Waals surface area (Å²) >= 11 is 0. The number of nitrogen functional groups attached to an aromatic ring is 1. The van der Waals surface area contributed by atoms with E-state index in [0.717, 1.165) is 17.5 Å². The molecule has 4 rings (SSSR count). The van der Waals surface area contributed by atoms with E-state index in [4.69, 9.17) is 17.2 Å². The molecule has 1 aliphatic rings. The molecule has 3 aromatic rings. The monoisotopic (exact) mass is 714 g/mol. The van der Waals surface area contributed by atoms with Gasteiger partial charge in [0, 0.05) is 44.2 Å². The number of benzene rings is 2. The molecule has 1 aliphatic heterocycles. The predicted octanol–water partition coefficient (Wildman–Crippen LogP) is 1.55. The van der Waals surface area contributed by atoms with Crippen molar-refractivity contribution >= 4 is 35.4 Å². The first-order valence-electron chi connectivity index (χ1n) is 17.7. The summed E-state index contributed by atoms with van der Waals surface area (Å²) in [5.74, 6) is -3.60. The number of amides is 3. The average molecular weight is 715 g/mol. The number of Topliss-reactive ketones (excluding diaryl/α,β-unsaturated/α-hetero) is 1. The van der Waals surface area contributed by atoms with Gasteiger partial charge in [-0.25, -0.2) is 9.97 Å². The lowest BCUT2D eigenvalue weighted by molar-refractivity contribution is -0.148. The minimum atomic E-state index is -1.44. The molecule has 278 valence electrons. The molecule has 14 nitrogen and oxygen atoms in total. The third-order valence-corrected chi connectivity index (χ3v) is 9.52. The Morgan fingerprint density at radius 3 is 1.92 bits per heavy atom. The topological polar surface area (TPSA) is 237 Å². The number of aromatic nitrogens is 2.